The lowest BCUT2D eigenvalue weighted by atomic mass is 9.94. The molecule has 0 bridgehead atoms. The number of ether oxygens (including phenoxy) is 1. The number of thiocarbonyl (C=S) groups is 1. The van der Waals surface area contributed by atoms with Crippen molar-refractivity contribution >= 4 is 23.0 Å². The summed E-state index contributed by atoms with van der Waals surface area (Å²) >= 11 is 5.20. The van der Waals surface area contributed by atoms with Gasteiger partial charge in [0.2, 0.25) is 0 Å². The Kier molecular flexibility index (Phi) is 5.94. The minimum Gasteiger partial charge on any atom is -0.389 e. The molecule has 0 aliphatic heterocycles. The van der Waals surface area contributed by atoms with E-state index in [0.29, 0.717) is 11.6 Å². The quantitative estimate of drug-likeness (QED) is 0.759. The van der Waals surface area contributed by atoms with Crippen LogP contribution < -0.4 is 11.1 Å². The van der Waals surface area contributed by atoms with E-state index in [1.54, 1.807) is 7.11 Å². The SMILES string of the molecule is CCCC(COC)Nc1nc2c(cc1C(N)=S)CCCC2. The second-order valence-corrected chi connectivity index (χ2v) is 6.09. The lowest BCUT2D eigenvalue weighted by molar-refractivity contribution is 0.182. The largest absolute Gasteiger partial charge is 0.389 e. The summed E-state index contributed by atoms with van der Waals surface area (Å²) in [4.78, 5) is 5.21. The number of methoxy groups -OCH3 is 1. The van der Waals surface area contributed by atoms with Gasteiger partial charge in [-0.25, -0.2) is 4.98 Å². The van der Waals surface area contributed by atoms with E-state index in [1.165, 1.54) is 24.1 Å². The zero-order valence-electron chi connectivity index (χ0n) is 12.9. The summed E-state index contributed by atoms with van der Waals surface area (Å²) in [6, 6.07) is 2.37. The van der Waals surface area contributed by atoms with Gasteiger partial charge in [-0.2, -0.15) is 0 Å². The lowest BCUT2D eigenvalue weighted by Gasteiger charge is -2.23. The molecule has 0 fully saturated rings. The molecule has 21 heavy (non-hydrogen) atoms. The Labute approximate surface area is 132 Å². The van der Waals surface area contributed by atoms with E-state index in [9.17, 15) is 0 Å². The number of fused-ring (bicyclic) bond motifs is 1. The van der Waals surface area contributed by atoms with E-state index >= 15 is 0 Å². The predicted molar refractivity (Wildman–Crippen MR) is 91.0 cm³/mol. The smallest absolute Gasteiger partial charge is 0.136 e. The highest BCUT2D eigenvalue weighted by atomic mass is 32.1. The molecule has 5 heteroatoms. The van der Waals surface area contributed by atoms with Crippen molar-refractivity contribution < 1.29 is 4.74 Å². The number of anilines is 1. The minimum absolute atomic E-state index is 0.238. The Hall–Kier alpha value is -1.20. The maximum atomic E-state index is 5.89. The van der Waals surface area contributed by atoms with Crippen molar-refractivity contribution in [3.05, 3.63) is 22.9 Å². The van der Waals surface area contributed by atoms with Gasteiger partial charge in [0.15, 0.2) is 0 Å². The molecule has 116 valence electrons. The van der Waals surface area contributed by atoms with Gasteiger partial charge in [-0.3, -0.25) is 0 Å². The lowest BCUT2D eigenvalue weighted by Crippen LogP contribution is -2.28. The van der Waals surface area contributed by atoms with Crippen LogP contribution in [0.4, 0.5) is 5.82 Å². The number of nitrogens with zero attached hydrogens (tertiary/aromatic N) is 1. The molecule has 1 aliphatic rings. The van der Waals surface area contributed by atoms with E-state index < -0.39 is 0 Å². The van der Waals surface area contributed by atoms with Gasteiger partial charge in [0.05, 0.1) is 18.2 Å². The fourth-order valence-electron chi connectivity index (χ4n) is 2.87. The van der Waals surface area contributed by atoms with Crippen LogP contribution >= 0.6 is 12.2 Å². The number of aromatic nitrogens is 1. The number of aryl methyl sites for hydroxylation is 2. The van der Waals surface area contributed by atoms with Crippen LogP contribution in [0.5, 0.6) is 0 Å². The van der Waals surface area contributed by atoms with Crippen molar-refractivity contribution in [3.63, 3.8) is 0 Å². The second-order valence-electron chi connectivity index (χ2n) is 5.65. The molecule has 1 aliphatic carbocycles. The predicted octanol–water partition coefficient (Wildman–Crippen LogP) is 2.82. The maximum absolute atomic E-state index is 5.89. The summed E-state index contributed by atoms with van der Waals surface area (Å²) in [6.07, 6.45) is 6.68. The van der Waals surface area contributed by atoms with Gasteiger partial charge in [0.25, 0.3) is 0 Å². The molecule has 1 aromatic rings. The molecule has 0 aromatic carbocycles. The number of rotatable bonds is 7. The Balaban J connectivity index is 2.29. The van der Waals surface area contributed by atoms with E-state index in [0.717, 1.165) is 37.1 Å². The van der Waals surface area contributed by atoms with Crippen molar-refractivity contribution in [2.24, 2.45) is 5.73 Å². The number of nitrogens with two attached hydrogens (primary N) is 1. The third-order valence-corrected chi connectivity index (χ3v) is 4.13. The Morgan fingerprint density at radius 1 is 1.48 bits per heavy atom. The summed E-state index contributed by atoms with van der Waals surface area (Å²) in [6.45, 7) is 2.82. The molecular weight excluding hydrogens is 282 g/mol. The van der Waals surface area contributed by atoms with Crippen LogP contribution in [0.1, 0.15) is 49.4 Å². The molecular formula is C16H25N3OS. The molecule has 1 heterocycles. The van der Waals surface area contributed by atoms with Gasteiger partial charge in [-0.15, -0.1) is 0 Å². The van der Waals surface area contributed by atoms with Crippen molar-refractivity contribution in [1.29, 1.82) is 0 Å². The van der Waals surface area contributed by atoms with Gasteiger partial charge in [-0.1, -0.05) is 25.6 Å². The molecule has 1 atom stereocenters. The van der Waals surface area contributed by atoms with E-state index in [-0.39, 0.29) is 6.04 Å². The molecule has 0 amide bonds. The van der Waals surface area contributed by atoms with E-state index in [1.807, 2.05) is 0 Å². The molecule has 0 saturated heterocycles. The molecule has 2 rings (SSSR count). The molecule has 3 N–H and O–H groups in total. The van der Waals surface area contributed by atoms with Crippen molar-refractivity contribution in [1.82, 2.24) is 4.98 Å². The highest BCUT2D eigenvalue weighted by Crippen LogP contribution is 2.25. The van der Waals surface area contributed by atoms with Crippen molar-refractivity contribution in [2.75, 3.05) is 19.0 Å². The maximum Gasteiger partial charge on any atom is 0.136 e. The van der Waals surface area contributed by atoms with E-state index in [4.69, 9.17) is 27.7 Å². The molecule has 4 nitrogen and oxygen atoms in total. The normalized spacial score (nSPS) is 15.3. The van der Waals surface area contributed by atoms with Crippen LogP contribution in [0.15, 0.2) is 6.07 Å². The fourth-order valence-corrected chi connectivity index (χ4v) is 3.03. The average Bonchev–Trinajstić information content (AvgIpc) is 2.47. The van der Waals surface area contributed by atoms with Gasteiger partial charge >= 0.3 is 0 Å². The third-order valence-electron chi connectivity index (χ3n) is 3.91. The van der Waals surface area contributed by atoms with Crippen LogP contribution in [0, 0.1) is 0 Å². The van der Waals surface area contributed by atoms with Gasteiger partial charge in [0, 0.05) is 12.8 Å². The highest BCUT2D eigenvalue weighted by molar-refractivity contribution is 7.80. The van der Waals surface area contributed by atoms with Crippen LogP contribution in [0.3, 0.4) is 0 Å². The van der Waals surface area contributed by atoms with Crippen molar-refractivity contribution in [3.8, 4) is 0 Å². The van der Waals surface area contributed by atoms with Gasteiger partial charge in [0.1, 0.15) is 10.8 Å². The number of hydrogen-bond acceptors (Lipinski definition) is 4. The highest BCUT2D eigenvalue weighted by Gasteiger charge is 2.18. The number of pyridine rings is 1. The van der Waals surface area contributed by atoms with Crippen LogP contribution in [0.2, 0.25) is 0 Å². The Morgan fingerprint density at radius 2 is 2.24 bits per heavy atom. The minimum atomic E-state index is 0.238. The first kappa shape index (κ1) is 16.2. The fraction of sp³-hybridized carbons (Fsp3) is 0.625. The molecule has 1 unspecified atom stereocenters. The van der Waals surface area contributed by atoms with Crippen LogP contribution in [-0.4, -0.2) is 29.7 Å². The first-order chi connectivity index (χ1) is 10.2. The zero-order valence-corrected chi connectivity index (χ0v) is 13.8. The summed E-state index contributed by atoms with van der Waals surface area (Å²) in [7, 11) is 1.72. The summed E-state index contributed by atoms with van der Waals surface area (Å²) in [5.41, 5.74) is 9.25. The first-order valence-electron chi connectivity index (χ1n) is 7.73. The molecule has 0 spiro atoms. The van der Waals surface area contributed by atoms with Gasteiger partial charge in [-0.05, 0) is 43.7 Å². The van der Waals surface area contributed by atoms with Crippen LogP contribution in [-0.2, 0) is 17.6 Å². The van der Waals surface area contributed by atoms with Crippen molar-refractivity contribution in [2.45, 2.75) is 51.5 Å². The summed E-state index contributed by atoms with van der Waals surface area (Å²) < 4.78 is 5.29. The topological polar surface area (TPSA) is 60.2 Å². The third kappa shape index (κ3) is 4.14. The molecule has 1 aromatic heterocycles. The summed E-state index contributed by atoms with van der Waals surface area (Å²) in [5, 5.41) is 3.48. The standard InChI is InChI=1S/C16H25N3OS/c1-3-6-12(10-20-2)18-16-13(15(17)21)9-11-7-4-5-8-14(11)19-16/h9,12H,3-8,10H2,1-2H3,(H2,17,21)(H,18,19). The Morgan fingerprint density at radius 3 is 2.90 bits per heavy atom. The summed E-state index contributed by atoms with van der Waals surface area (Å²) in [5.74, 6) is 0.818. The van der Waals surface area contributed by atoms with Crippen LogP contribution in [0.25, 0.3) is 0 Å². The molecule has 0 radical (unpaired) electrons. The van der Waals surface area contributed by atoms with E-state index in [2.05, 4.69) is 18.3 Å². The molecule has 0 saturated carbocycles. The number of nitrogens with one attached hydrogen (secondary N) is 1. The second kappa shape index (κ2) is 7.71. The Bertz CT molecular complexity index is 499. The average molecular weight is 307 g/mol. The van der Waals surface area contributed by atoms with Gasteiger partial charge < -0.3 is 15.8 Å². The monoisotopic (exact) mass is 307 g/mol. The number of hydrogen-bond donors (Lipinski definition) is 2. The zero-order chi connectivity index (χ0) is 15.2. The first-order valence-corrected chi connectivity index (χ1v) is 8.14.